The number of nitrogens with zero attached hydrogens (tertiary/aromatic N) is 1. The molecular formula is C19H26N4O2. The summed E-state index contributed by atoms with van der Waals surface area (Å²) in [6.45, 7) is 1.69. The number of nitrogens with two attached hydrogens (primary N) is 2. The van der Waals surface area contributed by atoms with Crippen LogP contribution in [0.3, 0.4) is 0 Å². The predicted molar refractivity (Wildman–Crippen MR) is 106 cm³/mol. The topological polar surface area (TPSA) is 108 Å². The predicted octanol–water partition coefficient (Wildman–Crippen LogP) is 1.77. The molecule has 2 rings (SSSR count). The molecule has 0 saturated heterocycles. The number of hydrogen-bond donors (Lipinski definition) is 5. The van der Waals surface area contributed by atoms with Gasteiger partial charge in [0.1, 0.15) is 0 Å². The second-order valence-corrected chi connectivity index (χ2v) is 5.66. The maximum Gasteiger partial charge on any atom is 0.0606 e. The third-order valence-corrected chi connectivity index (χ3v) is 3.78. The molecule has 25 heavy (non-hydrogen) atoms. The number of nitrogen functional groups attached to an aromatic ring is 2. The van der Waals surface area contributed by atoms with Crippen LogP contribution in [-0.4, -0.2) is 43.1 Å². The van der Waals surface area contributed by atoms with Crippen molar-refractivity contribution in [3.8, 4) is 0 Å². The molecule has 134 valence electrons. The average molecular weight is 342 g/mol. The Morgan fingerprint density at radius 1 is 1.00 bits per heavy atom. The smallest absolute Gasteiger partial charge is 0.0606 e. The molecule has 0 aliphatic carbocycles. The average Bonchev–Trinajstić information content (AvgIpc) is 2.61. The maximum absolute atomic E-state index is 9.15. The van der Waals surface area contributed by atoms with Gasteiger partial charge in [0.2, 0.25) is 0 Å². The summed E-state index contributed by atoms with van der Waals surface area (Å²) in [5.41, 5.74) is 15.9. The number of aliphatic hydroxyl groups excluding tert-OH is 2. The molecule has 2 aromatic rings. The van der Waals surface area contributed by atoms with Crippen molar-refractivity contribution < 1.29 is 10.2 Å². The molecule has 0 radical (unpaired) electrons. The van der Waals surface area contributed by atoms with Crippen molar-refractivity contribution in [1.82, 2.24) is 0 Å². The standard InChI is InChI=1S/C19H26N4O2/c20-16-6-7-19(21)15(13-16)3-2-8-22-17-4-1-5-18(14-17)23(9-11-24)10-12-25/h1-7,13-14,22,24-25H,8-12,20-21H2. The van der Waals surface area contributed by atoms with Gasteiger partial charge >= 0.3 is 0 Å². The number of nitrogens with one attached hydrogen (secondary N) is 1. The number of aliphatic hydroxyl groups is 2. The van der Waals surface area contributed by atoms with Crippen molar-refractivity contribution in [2.75, 3.05) is 54.5 Å². The van der Waals surface area contributed by atoms with E-state index in [2.05, 4.69) is 5.32 Å². The van der Waals surface area contributed by atoms with Gasteiger partial charge in [0.25, 0.3) is 0 Å². The normalized spacial score (nSPS) is 11.0. The van der Waals surface area contributed by atoms with E-state index in [4.69, 9.17) is 21.7 Å². The van der Waals surface area contributed by atoms with E-state index < -0.39 is 0 Å². The van der Waals surface area contributed by atoms with Crippen LogP contribution in [0.5, 0.6) is 0 Å². The molecule has 7 N–H and O–H groups in total. The minimum absolute atomic E-state index is 0.0437. The molecular weight excluding hydrogens is 316 g/mol. The summed E-state index contributed by atoms with van der Waals surface area (Å²) in [5.74, 6) is 0. The van der Waals surface area contributed by atoms with Gasteiger partial charge in [-0.05, 0) is 42.0 Å². The van der Waals surface area contributed by atoms with Crippen molar-refractivity contribution in [2.45, 2.75) is 0 Å². The summed E-state index contributed by atoms with van der Waals surface area (Å²) in [4.78, 5) is 1.94. The number of anilines is 4. The van der Waals surface area contributed by atoms with Crippen LogP contribution < -0.4 is 21.7 Å². The van der Waals surface area contributed by atoms with Gasteiger partial charge in [0.05, 0.1) is 13.2 Å². The minimum Gasteiger partial charge on any atom is -0.399 e. The lowest BCUT2D eigenvalue weighted by Crippen LogP contribution is -2.29. The number of benzene rings is 2. The van der Waals surface area contributed by atoms with E-state index in [1.165, 1.54) is 0 Å². The second-order valence-electron chi connectivity index (χ2n) is 5.66. The van der Waals surface area contributed by atoms with Crippen molar-refractivity contribution >= 4 is 28.8 Å². The third kappa shape index (κ3) is 5.70. The van der Waals surface area contributed by atoms with Crippen LogP contribution in [0.4, 0.5) is 22.7 Å². The second kappa shape index (κ2) is 9.56. The lowest BCUT2D eigenvalue weighted by Gasteiger charge is -2.23. The van der Waals surface area contributed by atoms with Crippen LogP contribution in [0.15, 0.2) is 48.5 Å². The van der Waals surface area contributed by atoms with Gasteiger partial charge in [-0.3, -0.25) is 0 Å². The molecule has 6 nitrogen and oxygen atoms in total. The first-order chi connectivity index (χ1) is 12.1. The molecule has 0 unspecified atom stereocenters. The van der Waals surface area contributed by atoms with Gasteiger partial charge in [-0.25, -0.2) is 0 Å². The SMILES string of the molecule is Nc1ccc(N)c(C=CCNc2cccc(N(CCO)CCO)c2)c1. The van der Waals surface area contributed by atoms with E-state index in [0.29, 0.717) is 31.0 Å². The lowest BCUT2D eigenvalue weighted by molar-refractivity contribution is 0.281. The Morgan fingerprint density at radius 2 is 1.76 bits per heavy atom. The highest BCUT2D eigenvalue weighted by molar-refractivity contribution is 5.68. The first kappa shape index (κ1) is 18.6. The Hall–Kier alpha value is -2.70. The van der Waals surface area contributed by atoms with Gasteiger partial charge in [0.15, 0.2) is 0 Å². The Labute approximate surface area is 148 Å². The van der Waals surface area contributed by atoms with Gasteiger partial charge in [0, 0.05) is 42.4 Å². The zero-order chi connectivity index (χ0) is 18.1. The number of hydrogen-bond acceptors (Lipinski definition) is 6. The fourth-order valence-electron chi connectivity index (χ4n) is 2.52. The van der Waals surface area contributed by atoms with E-state index in [0.717, 1.165) is 16.9 Å². The first-order valence-corrected chi connectivity index (χ1v) is 8.26. The molecule has 0 atom stereocenters. The Morgan fingerprint density at radius 3 is 2.48 bits per heavy atom. The molecule has 0 bridgehead atoms. The van der Waals surface area contributed by atoms with E-state index in [-0.39, 0.29) is 13.2 Å². The van der Waals surface area contributed by atoms with Crippen LogP contribution in [0, 0.1) is 0 Å². The van der Waals surface area contributed by atoms with E-state index >= 15 is 0 Å². The highest BCUT2D eigenvalue weighted by Crippen LogP contribution is 2.20. The fourth-order valence-corrected chi connectivity index (χ4v) is 2.52. The van der Waals surface area contributed by atoms with E-state index in [1.807, 2.05) is 47.4 Å². The Kier molecular flexibility index (Phi) is 7.13. The minimum atomic E-state index is 0.0437. The summed E-state index contributed by atoms with van der Waals surface area (Å²) in [7, 11) is 0. The van der Waals surface area contributed by atoms with E-state index in [1.54, 1.807) is 12.1 Å². The van der Waals surface area contributed by atoms with Crippen LogP contribution >= 0.6 is 0 Å². The highest BCUT2D eigenvalue weighted by Gasteiger charge is 2.05. The zero-order valence-corrected chi connectivity index (χ0v) is 14.2. The lowest BCUT2D eigenvalue weighted by atomic mass is 10.1. The van der Waals surface area contributed by atoms with Crippen molar-refractivity contribution in [2.24, 2.45) is 0 Å². The number of rotatable bonds is 9. The summed E-state index contributed by atoms with van der Waals surface area (Å²) in [5, 5.41) is 21.6. The molecule has 0 aromatic heterocycles. The summed E-state index contributed by atoms with van der Waals surface area (Å²) in [6, 6.07) is 13.3. The largest absolute Gasteiger partial charge is 0.399 e. The molecule has 0 saturated carbocycles. The van der Waals surface area contributed by atoms with Crippen LogP contribution in [0.25, 0.3) is 6.08 Å². The molecule has 0 spiro atoms. The maximum atomic E-state index is 9.15. The molecule has 0 amide bonds. The van der Waals surface area contributed by atoms with Crippen molar-refractivity contribution in [3.63, 3.8) is 0 Å². The van der Waals surface area contributed by atoms with Crippen molar-refractivity contribution in [3.05, 3.63) is 54.1 Å². The molecule has 6 heteroatoms. The first-order valence-electron chi connectivity index (χ1n) is 8.26. The zero-order valence-electron chi connectivity index (χ0n) is 14.2. The van der Waals surface area contributed by atoms with Gasteiger partial charge in [-0.15, -0.1) is 0 Å². The van der Waals surface area contributed by atoms with Crippen LogP contribution in [0.2, 0.25) is 0 Å². The molecule has 0 fully saturated rings. The molecule has 2 aromatic carbocycles. The highest BCUT2D eigenvalue weighted by atomic mass is 16.3. The Balaban J connectivity index is 1.97. The van der Waals surface area contributed by atoms with Crippen LogP contribution in [-0.2, 0) is 0 Å². The fraction of sp³-hybridized carbons (Fsp3) is 0.263. The van der Waals surface area contributed by atoms with Gasteiger partial charge in [-0.2, -0.15) is 0 Å². The monoisotopic (exact) mass is 342 g/mol. The van der Waals surface area contributed by atoms with Crippen molar-refractivity contribution in [1.29, 1.82) is 0 Å². The van der Waals surface area contributed by atoms with Crippen LogP contribution in [0.1, 0.15) is 5.56 Å². The third-order valence-electron chi connectivity index (χ3n) is 3.78. The quantitative estimate of drug-likeness (QED) is 0.445. The molecule has 0 heterocycles. The molecule has 0 aliphatic rings. The summed E-state index contributed by atoms with van der Waals surface area (Å²) < 4.78 is 0. The molecule has 0 aliphatic heterocycles. The Bertz CT molecular complexity index is 698. The van der Waals surface area contributed by atoms with E-state index in [9.17, 15) is 0 Å². The summed E-state index contributed by atoms with van der Waals surface area (Å²) >= 11 is 0. The summed E-state index contributed by atoms with van der Waals surface area (Å²) in [6.07, 6.45) is 3.92. The van der Waals surface area contributed by atoms with Gasteiger partial charge < -0.3 is 31.9 Å². The van der Waals surface area contributed by atoms with Gasteiger partial charge in [-0.1, -0.05) is 18.2 Å².